The number of nitrogens with one attached hydrogen (secondary N) is 1. The number of rotatable bonds is 5. The number of amides is 1. The summed E-state index contributed by atoms with van der Waals surface area (Å²) in [4.78, 5) is 11.6. The number of hydrogen-bond acceptors (Lipinski definition) is 5. The molecule has 0 radical (unpaired) electrons. The van der Waals surface area contributed by atoms with E-state index in [0.717, 1.165) is 0 Å². The first-order valence-corrected chi connectivity index (χ1v) is 6.43. The maximum absolute atomic E-state index is 11.6. The molecule has 0 unspecified atom stereocenters. The third-order valence-corrected chi connectivity index (χ3v) is 2.49. The number of hydrazone groups is 1. The number of phenols is 1. The number of hydrogen-bond donors (Lipinski definition) is 2. The lowest BCUT2D eigenvalue weighted by atomic mass is 10.2. The molecular weight excluding hydrogens is 272 g/mol. The highest BCUT2D eigenvalue weighted by Gasteiger charge is 2.07. The normalized spacial score (nSPS) is 11.0. The molecule has 2 aromatic rings. The van der Waals surface area contributed by atoms with Gasteiger partial charge in [-0.15, -0.1) is 0 Å². The Morgan fingerprint density at radius 3 is 2.86 bits per heavy atom. The number of nitrogens with zero attached hydrogens (tertiary/aromatic N) is 1. The Balaban J connectivity index is 1.99. The zero-order chi connectivity index (χ0) is 15.2. The highest BCUT2D eigenvalue weighted by molar-refractivity contribution is 5.92. The maximum atomic E-state index is 11.6. The van der Waals surface area contributed by atoms with Gasteiger partial charge < -0.3 is 14.3 Å². The molecule has 0 aliphatic rings. The van der Waals surface area contributed by atoms with Crippen LogP contribution in [-0.2, 0) is 0 Å². The van der Waals surface area contributed by atoms with Crippen molar-refractivity contribution in [1.82, 2.24) is 5.43 Å². The van der Waals surface area contributed by atoms with Crippen LogP contribution >= 0.6 is 0 Å². The summed E-state index contributed by atoms with van der Waals surface area (Å²) in [5, 5.41) is 13.6. The van der Waals surface area contributed by atoms with E-state index in [0.29, 0.717) is 11.3 Å². The van der Waals surface area contributed by atoms with Gasteiger partial charge in [-0.3, -0.25) is 4.79 Å². The van der Waals surface area contributed by atoms with Crippen molar-refractivity contribution in [2.45, 2.75) is 20.0 Å². The molecule has 6 heteroatoms. The van der Waals surface area contributed by atoms with E-state index in [9.17, 15) is 9.90 Å². The van der Waals surface area contributed by atoms with E-state index in [1.54, 1.807) is 18.2 Å². The van der Waals surface area contributed by atoms with E-state index in [1.807, 2.05) is 13.8 Å². The lowest BCUT2D eigenvalue weighted by Gasteiger charge is -2.10. The van der Waals surface area contributed by atoms with Crippen molar-refractivity contribution in [3.8, 4) is 11.5 Å². The van der Waals surface area contributed by atoms with Crippen LogP contribution in [0.1, 0.15) is 30.0 Å². The predicted molar refractivity (Wildman–Crippen MR) is 77.6 cm³/mol. The van der Waals surface area contributed by atoms with E-state index in [-0.39, 0.29) is 17.6 Å². The second-order valence-electron chi connectivity index (χ2n) is 4.56. The van der Waals surface area contributed by atoms with Gasteiger partial charge in [-0.05, 0) is 38.1 Å². The SMILES string of the molecule is CC(C)Oc1ccc(/C=N\NC(=O)c2ccco2)c(O)c1. The number of furan rings is 1. The molecule has 2 rings (SSSR count). The quantitative estimate of drug-likeness (QED) is 0.654. The summed E-state index contributed by atoms with van der Waals surface area (Å²) in [6.07, 6.45) is 2.77. The first-order valence-electron chi connectivity index (χ1n) is 6.43. The summed E-state index contributed by atoms with van der Waals surface area (Å²) in [5.74, 6) is 0.288. The molecule has 110 valence electrons. The Kier molecular flexibility index (Phi) is 4.61. The molecule has 21 heavy (non-hydrogen) atoms. The first kappa shape index (κ1) is 14.6. The van der Waals surface area contributed by atoms with Crippen molar-refractivity contribution in [1.29, 1.82) is 0 Å². The van der Waals surface area contributed by atoms with Gasteiger partial charge in [-0.1, -0.05) is 0 Å². The molecule has 6 nitrogen and oxygen atoms in total. The lowest BCUT2D eigenvalue weighted by molar-refractivity contribution is 0.0927. The van der Waals surface area contributed by atoms with Gasteiger partial charge in [0.05, 0.1) is 18.6 Å². The van der Waals surface area contributed by atoms with Crippen molar-refractivity contribution in [3.05, 3.63) is 47.9 Å². The summed E-state index contributed by atoms with van der Waals surface area (Å²) < 4.78 is 10.4. The number of phenolic OH excluding ortho intramolecular Hbond substituents is 1. The number of benzene rings is 1. The molecule has 0 atom stereocenters. The summed E-state index contributed by atoms with van der Waals surface area (Å²) >= 11 is 0. The fourth-order valence-electron chi connectivity index (χ4n) is 1.60. The van der Waals surface area contributed by atoms with Gasteiger partial charge in [0.15, 0.2) is 5.76 Å². The molecular formula is C15H16N2O4. The molecule has 0 saturated heterocycles. The molecule has 1 aromatic carbocycles. The molecule has 0 bridgehead atoms. The van der Waals surface area contributed by atoms with Crippen LogP contribution in [0.15, 0.2) is 46.1 Å². The van der Waals surface area contributed by atoms with Gasteiger partial charge in [0.25, 0.3) is 0 Å². The fourth-order valence-corrected chi connectivity index (χ4v) is 1.60. The standard InChI is InChI=1S/C15H16N2O4/c1-10(2)21-12-6-5-11(13(18)8-12)9-16-17-15(19)14-4-3-7-20-14/h3-10,18H,1-2H3,(H,17,19)/b16-9-. The summed E-state index contributed by atoms with van der Waals surface area (Å²) in [7, 11) is 0. The number of aromatic hydroxyl groups is 1. The minimum Gasteiger partial charge on any atom is -0.507 e. The minimum absolute atomic E-state index is 0.0177. The van der Waals surface area contributed by atoms with Crippen molar-refractivity contribution in [2.75, 3.05) is 0 Å². The van der Waals surface area contributed by atoms with E-state index in [2.05, 4.69) is 10.5 Å². The molecule has 0 saturated carbocycles. The first-order chi connectivity index (χ1) is 10.1. The average Bonchev–Trinajstić information content (AvgIpc) is 2.94. The van der Waals surface area contributed by atoms with Crippen LogP contribution < -0.4 is 10.2 Å². The average molecular weight is 288 g/mol. The number of ether oxygens (including phenoxy) is 1. The van der Waals surface area contributed by atoms with Gasteiger partial charge in [0.1, 0.15) is 11.5 Å². The Labute approximate surface area is 122 Å². The molecule has 0 fully saturated rings. The monoisotopic (exact) mass is 288 g/mol. The molecule has 1 heterocycles. The number of carbonyl (C=O) groups excluding carboxylic acids is 1. The Morgan fingerprint density at radius 1 is 1.43 bits per heavy atom. The second kappa shape index (κ2) is 6.60. The smallest absolute Gasteiger partial charge is 0.307 e. The van der Waals surface area contributed by atoms with Gasteiger partial charge >= 0.3 is 5.91 Å². The largest absolute Gasteiger partial charge is 0.507 e. The number of carbonyl (C=O) groups is 1. The maximum Gasteiger partial charge on any atom is 0.307 e. The highest BCUT2D eigenvalue weighted by atomic mass is 16.5. The molecule has 0 aliphatic heterocycles. The third-order valence-electron chi connectivity index (χ3n) is 2.49. The topological polar surface area (TPSA) is 84.1 Å². The summed E-state index contributed by atoms with van der Waals surface area (Å²) in [5.41, 5.74) is 2.77. The van der Waals surface area contributed by atoms with Crippen LogP contribution in [0.2, 0.25) is 0 Å². The Hall–Kier alpha value is -2.76. The van der Waals surface area contributed by atoms with Crippen molar-refractivity contribution in [3.63, 3.8) is 0 Å². The molecule has 0 aliphatic carbocycles. The summed E-state index contributed by atoms with van der Waals surface area (Å²) in [6, 6.07) is 8.00. The summed E-state index contributed by atoms with van der Waals surface area (Å²) in [6.45, 7) is 3.80. The van der Waals surface area contributed by atoms with Crippen LogP contribution in [0, 0.1) is 0 Å². The zero-order valence-corrected chi connectivity index (χ0v) is 11.7. The van der Waals surface area contributed by atoms with Gasteiger partial charge in [0.2, 0.25) is 0 Å². The van der Waals surface area contributed by atoms with Crippen LogP contribution in [0.4, 0.5) is 0 Å². The van der Waals surface area contributed by atoms with Crippen LogP contribution in [0.25, 0.3) is 0 Å². The predicted octanol–water partition coefficient (Wildman–Crippen LogP) is 2.54. The highest BCUT2D eigenvalue weighted by Crippen LogP contribution is 2.23. The van der Waals surface area contributed by atoms with E-state index in [4.69, 9.17) is 9.15 Å². The zero-order valence-electron chi connectivity index (χ0n) is 11.7. The minimum atomic E-state index is -0.462. The van der Waals surface area contributed by atoms with Crippen molar-refractivity contribution in [2.24, 2.45) is 5.10 Å². The second-order valence-corrected chi connectivity index (χ2v) is 4.56. The van der Waals surface area contributed by atoms with Gasteiger partial charge in [0, 0.05) is 11.6 Å². The van der Waals surface area contributed by atoms with Crippen LogP contribution in [-0.4, -0.2) is 23.3 Å². The van der Waals surface area contributed by atoms with Crippen LogP contribution in [0.3, 0.4) is 0 Å². The van der Waals surface area contributed by atoms with Crippen molar-refractivity contribution >= 4 is 12.1 Å². The molecule has 2 N–H and O–H groups in total. The Morgan fingerprint density at radius 2 is 2.24 bits per heavy atom. The molecule has 1 aromatic heterocycles. The lowest BCUT2D eigenvalue weighted by Crippen LogP contribution is -2.16. The van der Waals surface area contributed by atoms with E-state index >= 15 is 0 Å². The molecule has 1 amide bonds. The van der Waals surface area contributed by atoms with E-state index in [1.165, 1.54) is 24.6 Å². The van der Waals surface area contributed by atoms with Gasteiger partial charge in [-0.25, -0.2) is 5.43 Å². The third kappa shape index (κ3) is 4.10. The van der Waals surface area contributed by atoms with Crippen LogP contribution in [0.5, 0.6) is 11.5 Å². The van der Waals surface area contributed by atoms with E-state index < -0.39 is 5.91 Å². The molecule has 0 spiro atoms. The Bertz CT molecular complexity index is 633. The van der Waals surface area contributed by atoms with Crippen molar-refractivity contribution < 1.29 is 19.1 Å². The van der Waals surface area contributed by atoms with Gasteiger partial charge in [-0.2, -0.15) is 5.10 Å². The fraction of sp³-hybridized carbons (Fsp3) is 0.200.